The predicted molar refractivity (Wildman–Crippen MR) is 53.4 cm³/mol. The van der Waals surface area contributed by atoms with Gasteiger partial charge in [-0.2, -0.15) is 0 Å². The van der Waals surface area contributed by atoms with Gasteiger partial charge in [0.25, 0.3) is 5.56 Å². The van der Waals surface area contributed by atoms with Crippen LogP contribution in [0.1, 0.15) is 0 Å². The van der Waals surface area contributed by atoms with Crippen LogP contribution in [0, 0.1) is 0 Å². The molecule has 0 aliphatic rings. The summed E-state index contributed by atoms with van der Waals surface area (Å²) in [7, 11) is 1.44. The zero-order valence-electron chi connectivity index (χ0n) is 8.25. The molecule has 1 aromatic rings. The summed E-state index contributed by atoms with van der Waals surface area (Å²) in [6.45, 7) is -0.794. The van der Waals surface area contributed by atoms with Gasteiger partial charge in [-0.3, -0.25) is 9.36 Å². The summed E-state index contributed by atoms with van der Waals surface area (Å²) in [5.74, 6) is 0. The summed E-state index contributed by atoms with van der Waals surface area (Å²) in [5.41, 5.74) is 4.05. The van der Waals surface area contributed by atoms with E-state index < -0.39 is 24.0 Å². The van der Waals surface area contributed by atoms with Gasteiger partial charge in [0, 0.05) is 13.2 Å². The molecule has 15 heavy (non-hydrogen) atoms. The van der Waals surface area contributed by atoms with Crippen LogP contribution in [0.2, 0.25) is 0 Å². The van der Waals surface area contributed by atoms with E-state index in [2.05, 4.69) is 0 Å². The second-order valence-corrected chi connectivity index (χ2v) is 3.23. The minimum Gasteiger partial charge on any atom is -0.394 e. The number of rotatable bonds is 3. The molecule has 1 rings (SSSR count). The van der Waals surface area contributed by atoms with Crippen LogP contribution < -0.4 is 17.0 Å². The van der Waals surface area contributed by atoms with Crippen molar-refractivity contribution in [2.24, 2.45) is 7.05 Å². The number of aliphatic hydroxyl groups excluding tert-OH is 2. The molecule has 0 aliphatic carbocycles. The molecule has 1 unspecified atom stereocenters. The molecule has 1 aromatic heterocycles. The molecule has 0 bridgehead atoms. The summed E-state index contributed by atoms with van der Waals surface area (Å²) >= 11 is 0. The Morgan fingerprint density at radius 3 is 2.67 bits per heavy atom. The molecule has 4 N–H and O–H groups in total. The van der Waals surface area contributed by atoms with Gasteiger partial charge >= 0.3 is 5.69 Å². The van der Waals surface area contributed by atoms with Crippen molar-refractivity contribution in [1.29, 1.82) is 0 Å². The number of nitrogens with two attached hydrogens (primary N) is 1. The third-order valence-electron chi connectivity index (χ3n) is 1.96. The number of hydrogen-bond acceptors (Lipinski definition) is 5. The Bertz CT molecular complexity index is 428. The van der Waals surface area contributed by atoms with Crippen molar-refractivity contribution in [3.8, 4) is 0 Å². The maximum absolute atomic E-state index is 11.5. The van der Waals surface area contributed by atoms with Crippen LogP contribution in [-0.2, 0) is 13.6 Å². The topological polar surface area (TPSA) is 110 Å². The maximum atomic E-state index is 11.5. The molecule has 7 heteroatoms. The highest BCUT2D eigenvalue weighted by Crippen LogP contribution is 1.89. The zero-order valence-corrected chi connectivity index (χ0v) is 8.25. The van der Waals surface area contributed by atoms with Crippen molar-refractivity contribution in [3.63, 3.8) is 0 Å². The summed E-state index contributed by atoms with van der Waals surface area (Å²) in [4.78, 5) is 22.9. The molecule has 7 nitrogen and oxygen atoms in total. The first kappa shape index (κ1) is 11.5. The van der Waals surface area contributed by atoms with E-state index in [4.69, 9.17) is 15.9 Å². The Hall–Kier alpha value is -1.60. The molecule has 0 spiro atoms. The maximum Gasteiger partial charge on any atom is 0.330 e. The summed E-state index contributed by atoms with van der Waals surface area (Å²) in [6.07, 6.45) is 0.0594. The SMILES string of the molecule is Cn1cc(N)c(=O)n(CC(O)CO)c1=O. The number of hydrogen-bond donors (Lipinski definition) is 3. The molecule has 0 saturated heterocycles. The van der Waals surface area contributed by atoms with Gasteiger partial charge in [0.15, 0.2) is 0 Å². The number of nitrogens with zero attached hydrogens (tertiary/aromatic N) is 2. The number of aryl methyl sites for hydroxylation is 1. The number of aliphatic hydroxyl groups is 2. The van der Waals surface area contributed by atoms with E-state index >= 15 is 0 Å². The quantitative estimate of drug-likeness (QED) is 0.515. The molecular weight excluding hydrogens is 202 g/mol. The summed E-state index contributed by atoms with van der Waals surface area (Å²) in [6, 6.07) is 0. The summed E-state index contributed by atoms with van der Waals surface area (Å²) in [5, 5.41) is 17.8. The second kappa shape index (κ2) is 4.28. The van der Waals surface area contributed by atoms with Crippen LogP contribution in [0.25, 0.3) is 0 Å². The fourth-order valence-corrected chi connectivity index (χ4v) is 1.18. The van der Waals surface area contributed by atoms with Crippen LogP contribution in [0.4, 0.5) is 5.69 Å². The highest BCUT2D eigenvalue weighted by atomic mass is 16.3. The first-order valence-corrected chi connectivity index (χ1v) is 4.32. The van der Waals surface area contributed by atoms with Crippen molar-refractivity contribution >= 4 is 5.69 Å². The van der Waals surface area contributed by atoms with E-state index in [1.165, 1.54) is 13.2 Å². The molecule has 0 fully saturated rings. The third-order valence-corrected chi connectivity index (χ3v) is 1.96. The third kappa shape index (κ3) is 2.25. The Balaban J connectivity index is 3.28. The second-order valence-electron chi connectivity index (χ2n) is 3.23. The molecule has 1 heterocycles. The fraction of sp³-hybridized carbons (Fsp3) is 0.500. The van der Waals surface area contributed by atoms with Gasteiger partial charge < -0.3 is 20.5 Å². The number of aromatic nitrogens is 2. The minimum atomic E-state index is -1.16. The van der Waals surface area contributed by atoms with Crippen molar-refractivity contribution < 1.29 is 10.2 Å². The molecule has 84 valence electrons. The monoisotopic (exact) mass is 215 g/mol. The molecule has 1 atom stereocenters. The van der Waals surface area contributed by atoms with Crippen LogP contribution in [0.3, 0.4) is 0 Å². The van der Waals surface area contributed by atoms with E-state index in [9.17, 15) is 9.59 Å². The Morgan fingerprint density at radius 2 is 2.13 bits per heavy atom. The van der Waals surface area contributed by atoms with Gasteiger partial charge in [-0.1, -0.05) is 0 Å². The lowest BCUT2D eigenvalue weighted by Gasteiger charge is -2.10. The van der Waals surface area contributed by atoms with E-state index in [1.54, 1.807) is 0 Å². The van der Waals surface area contributed by atoms with E-state index in [1.807, 2.05) is 0 Å². The van der Waals surface area contributed by atoms with E-state index in [-0.39, 0.29) is 12.2 Å². The fourth-order valence-electron chi connectivity index (χ4n) is 1.18. The van der Waals surface area contributed by atoms with Gasteiger partial charge in [0.05, 0.1) is 19.3 Å². The van der Waals surface area contributed by atoms with Crippen molar-refractivity contribution in [3.05, 3.63) is 27.0 Å². The largest absolute Gasteiger partial charge is 0.394 e. The zero-order chi connectivity index (χ0) is 11.6. The molecule has 0 aromatic carbocycles. The van der Waals surface area contributed by atoms with Gasteiger partial charge in [-0.25, -0.2) is 4.79 Å². The Labute approximate surface area is 85.0 Å². The first-order valence-electron chi connectivity index (χ1n) is 4.32. The highest BCUT2D eigenvalue weighted by molar-refractivity contribution is 5.30. The van der Waals surface area contributed by atoms with Crippen molar-refractivity contribution in [1.82, 2.24) is 9.13 Å². The molecule has 0 aliphatic heterocycles. The predicted octanol–water partition coefficient (Wildman–Crippen LogP) is -2.52. The lowest BCUT2D eigenvalue weighted by Crippen LogP contribution is -2.42. The highest BCUT2D eigenvalue weighted by Gasteiger charge is 2.11. The minimum absolute atomic E-state index is 0.0813. The Morgan fingerprint density at radius 1 is 1.53 bits per heavy atom. The first-order chi connectivity index (χ1) is 6.97. The van der Waals surface area contributed by atoms with Crippen LogP contribution in [0.15, 0.2) is 15.8 Å². The average Bonchev–Trinajstić information content (AvgIpc) is 2.21. The normalized spacial score (nSPS) is 12.7. The lowest BCUT2D eigenvalue weighted by atomic mass is 10.3. The standard InChI is InChI=1S/C8H13N3O4/c1-10-3-6(9)7(14)11(8(10)15)2-5(13)4-12/h3,5,12-13H,2,4,9H2,1H3. The lowest BCUT2D eigenvalue weighted by molar-refractivity contribution is 0.0790. The van der Waals surface area contributed by atoms with Gasteiger partial charge in [-0.15, -0.1) is 0 Å². The number of nitrogen functional groups attached to an aromatic ring is 1. The molecule has 0 amide bonds. The molecular formula is C8H13N3O4. The van der Waals surface area contributed by atoms with E-state index in [0.29, 0.717) is 0 Å². The van der Waals surface area contributed by atoms with Crippen molar-refractivity contribution in [2.75, 3.05) is 12.3 Å². The molecule has 0 saturated carbocycles. The van der Waals surface area contributed by atoms with Gasteiger partial charge in [-0.05, 0) is 0 Å². The van der Waals surface area contributed by atoms with Crippen LogP contribution >= 0.6 is 0 Å². The van der Waals surface area contributed by atoms with Crippen LogP contribution in [-0.4, -0.2) is 32.1 Å². The van der Waals surface area contributed by atoms with Gasteiger partial charge in [0.1, 0.15) is 5.69 Å². The van der Waals surface area contributed by atoms with E-state index in [0.717, 1.165) is 9.13 Å². The van der Waals surface area contributed by atoms with Crippen molar-refractivity contribution in [2.45, 2.75) is 12.6 Å². The molecule has 0 radical (unpaired) electrons. The Kier molecular flexibility index (Phi) is 3.28. The smallest absolute Gasteiger partial charge is 0.330 e. The number of anilines is 1. The van der Waals surface area contributed by atoms with Crippen LogP contribution in [0.5, 0.6) is 0 Å². The van der Waals surface area contributed by atoms with Gasteiger partial charge in [0.2, 0.25) is 0 Å². The summed E-state index contributed by atoms with van der Waals surface area (Å²) < 4.78 is 1.93. The average molecular weight is 215 g/mol.